The molecule has 2 N–H and O–H groups in total. The molecule has 2 aromatic rings. The molecule has 9 nitrogen and oxygen atoms in total. The number of hydrogen-bond acceptors (Lipinski definition) is 7. The van der Waals surface area contributed by atoms with Crippen LogP contribution in [0.1, 0.15) is 0 Å². The molecule has 2 aromatic carbocycles. The fraction of sp³-hybridized carbons (Fsp3) is 0.118. The van der Waals surface area contributed by atoms with Crippen molar-refractivity contribution in [3.8, 4) is 0 Å². The molecule has 9 heteroatoms. The van der Waals surface area contributed by atoms with E-state index >= 15 is 0 Å². The van der Waals surface area contributed by atoms with Crippen LogP contribution in [0.25, 0.3) is 0 Å². The van der Waals surface area contributed by atoms with E-state index in [1.807, 2.05) is 0 Å². The fourth-order valence-corrected chi connectivity index (χ4v) is 2.67. The third kappa shape index (κ3) is 3.66. The average Bonchev–Trinajstić information content (AvgIpc) is 2.95. The van der Waals surface area contributed by atoms with Gasteiger partial charge >= 0.3 is 0 Å². The second-order valence-electron chi connectivity index (χ2n) is 5.67. The normalized spacial score (nSPS) is 18.5. The number of rotatable bonds is 6. The van der Waals surface area contributed by atoms with E-state index in [2.05, 4.69) is 10.6 Å². The number of ketones is 1. The van der Waals surface area contributed by atoms with Crippen molar-refractivity contribution in [1.82, 2.24) is 0 Å². The van der Waals surface area contributed by atoms with Crippen molar-refractivity contribution in [2.24, 2.45) is 0 Å². The number of benzene rings is 2. The largest absolute Gasteiger partial charge is 0.376 e. The summed E-state index contributed by atoms with van der Waals surface area (Å²) in [6.07, 6.45) is 3.06. The highest BCUT2D eigenvalue weighted by Crippen LogP contribution is 2.24. The molecule has 2 atom stereocenters. The van der Waals surface area contributed by atoms with Gasteiger partial charge < -0.3 is 10.6 Å². The summed E-state index contributed by atoms with van der Waals surface area (Å²) in [6, 6.07) is 10.7. The lowest BCUT2D eigenvalue weighted by molar-refractivity contribution is -0.385. The summed E-state index contributed by atoms with van der Waals surface area (Å²) in [5.41, 5.74) is 0.782. The molecule has 26 heavy (non-hydrogen) atoms. The minimum Gasteiger partial charge on any atom is -0.376 e. The lowest BCUT2D eigenvalue weighted by Gasteiger charge is -2.22. The quantitative estimate of drug-likeness (QED) is 0.603. The average molecular weight is 354 g/mol. The van der Waals surface area contributed by atoms with Crippen LogP contribution in [-0.4, -0.2) is 27.7 Å². The van der Waals surface area contributed by atoms with Gasteiger partial charge in [0.2, 0.25) is 0 Å². The maximum Gasteiger partial charge on any atom is 0.271 e. The van der Waals surface area contributed by atoms with Gasteiger partial charge in [-0.2, -0.15) is 0 Å². The Hall–Kier alpha value is -3.75. The molecular formula is C17H14N4O5. The monoisotopic (exact) mass is 354 g/mol. The van der Waals surface area contributed by atoms with E-state index in [4.69, 9.17) is 0 Å². The van der Waals surface area contributed by atoms with Gasteiger partial charge in [0.15, 0.2) is 5.78 Å². The van der Waals surface area contributed by atoms with Gasteiger partial charge in [-0.1, -0.05) is 18.2 Å². The van der Waals surface area contributed by atoms with E-state index < -0.39 is 21.9 Å². The van der Waals surface area contributed by atoms with Crippen LogP contribution in [-0.2, 0) is 4.79 Å². The van der Waals surface area contributed by atoms with Crippen LogP contribution in [0.4, 0.5) is 22.7 Å². The van der Waals surface area contributed by atoms with Crippen LogP contribution < -0.4 is 10.6 Å². The van der Waals surface area contributed by atoms with Gasteiger partial charge in [-0.05, 0) is 18.2 Å². The third-order valence-electron chi connectivity index (χ3n) is 3.90. The van der Waals surface area contributed by atoms with Crippen molar-refractivity contribution in [2.75, 3.05) is 10.6 Å². The Labute approximate surface area is 147 Å². The number of nitrogens with one attached hydrogen (secondary N) is 2. The summed E-state index contributed by atoms with van der Waals surface area (Å²) in [5, 5.41) is 27.8. The molecule has 0 spiro atoms. The van der Waals surface area contributed by atoms with Gasteiger partial charge in [0, 0.05) is 35.6 Å². The lowest BCUT2D eigenvalue weighted by atomic mass is 10.1. The summed E-state index contributed by atoms with van der Waals surface area (Å²) >= 11 is 0. The Morgan fingerprint density at radius 3 is 1.92 bits per heavy atom. The topological polar surface area (TPSA) is 127 Å². The van der Waals surface area contributed by atoms with E-state index in [0.717, 1.165) is 0 Å². The molecule has 132 valence electrons. The molecule has 0 heterocycles. The molecular weight excluding hydrogens is 340 g/mol. The Balaban J connectivity index is 1.77. The zero-order chi connectivity index (χ0) is 18.7. The summed E-state index contributed by atoms with van der Waals surface area (Å²) in [5.74, 6) is -0.195. The summed E-state index contributed by atoms with van der Waals surface area (Å²) in [7, 11) is 0. The molecule has 0 saturated heterocycles. The number of carbonyl (C=O) groups excluding carboxylic acids is 1. The number of nitro benzene ring substituents is 2. The minimum absolute atomic E-state index is 0.0634. The van der Waals surface area contributed by atoms with Crippen molar-refractivity contribution in [1.29, 1.82) is 0 Å². The number of nitro groups is 2. The molecule has 0 aliphatic heterocycles. The van der Waals surface area contributed by atoms with Crippen molar-refractivity contribution < 1.29 is 14.6 Å². The predicted molar refractivity (Wildman–Crippen MR) is 95.2 cm³/mol. The van der Waals surface area contributed by atoms with Gasteiger partial charge in [0.1, 0.15) is 6.04 Å². The van der Waals surface area contributed by atoms with Crippen molar-refractivity contribution in [3.05, 3.63) is 80.9 Å². The van der Waals surface area contributed by atoms with Gasteiger partial charge in [-0.25, -0.2) is 0 Å². The molecule has 0 fully saturated rings. The number of hydrogen-bond donors (Lipinski definition) is 2. The molecule has 0 amide bonds. The van der Waals surface area contributed by atoms with E-state index in [1.165, 1.54) is 36.4 Å². The zero-order valence-electron chi connectivity index (χ0n) is 13.4. The Kier molecular flexibility index (Phi) is 4.61. The summed E-state index contributed by atoms with van der Waals surface area (Å²) < 4.78 is 0. The first-order chi connectivity index (χ1) is 12.4. The summed E-state index contributed by atoms with van der Waals surface area (Å²) in [6.45, 7) is 0. The molecule has 0 bridgehead atoms. The second kappa shape index (κ2) is 7.01. The van der Waals surface area contributed by atoms with Gasteiger partial charge in [0.25, 0.3) is 11.4 Å². The number of carbonyl (C=O) groups is 1. The summed E-state index contributed by atoms with van der Waals surface area (Å²) in [4.78, 5) is 32.9. The van der Waals surface area contributed by atoms with Crippen molar-refractivity contribution in [3.63, 3.8) is 0 Å². The standard InChI is InChI=1S/C17H14N4O5/c22-16-8-7-15(18-11-3-1-5-13(9-11)20(23)24)17(16)19-12-4-2-6-14(10-12)21(25)26/h1-10,15,17-19H/t15-,17-/m0/s1. The van der Waals surface area contributed by atoms with Crippen LogP contribution in [0.5, 0.6) is 0 Å². The van der Waals surface area contributed by atoms with E-state index in [1.54, 1.807) is 24.3 Å². The smallest absolute Gasteiger partial charge is 0.271 e. The highest BCUT2D eigenvalue weighted by molar-refractivity contribution is 6.00. The van der Waals surface area contributed by atoms with Crippen LogP contribution >= 0.6 is 0 Å². The minimum atomic E-state index is -0.684. The van der Waals surface area contributed by atoms with Crippen LogP contribution in [0, 0.1) is 20.2 Å². The lowest BCUT2D eigenvalue weighted by Crippen LogP contribution is -2.39. The van der Waals surface area contributed by atoms with Crippen molar-refractivity contribution in [2.45, 2.75) is 12.1 Å². The first-order valence-electron chi connectivity index (χ1n) is 7.68. The van der Waals surface area contributed by atoms with Gasteiger partial charge in [-0.15, -0.1) is 0 Å². The highest BCUT2D eigenvalue weighted by Gasteiger charge is 2.30. The molecule has 0 aromatic heterocycles. The number of anilines is 2. The maximum absolute atomic E-state index is 12.1. The number of non-ortho nitro benzene ring substituents is 2. The van der Waals surface area contributed by atoms with E-state index in [0.29, 0.717) is 11.4 Å². The van der Waals surface area contributed by atoms with Crippen LogP contribution in [0.15, 0.2) is 60.7 Å². The fourth-order valence-electron chi connectivity index (χ4n) is 2.67. The van der Waals surface area contributed by atoms with Crippen molar-refractivity contribution >= 4 is 28.5 Å². The zero-order valence-corrected chi connectivity index (χ0v) is 13.4. The van der Waals surface area contributed by atoms with Gasteiger partial charge in [0.05, 0.1) is 15.9 Å². The third-order valence-corrected chi connectivity index (χ3v) is 3.90. The molecule has 0 unspecified atom stereocenters. The second-order valence-corrected chi connectivity index (χ2v) is 5.67. The molecule has 0 radical (unpaired) electrons. The highest BCUT2D eigenvalue weighted by atomic mass is 16.6. The first kappa shape index (κ1) is 17.1. The van der Waals surface area contributed by atoms with Crippen LogP contribution in [0.3, 0.4) is 0 Å². The molecule has 0 saturated carbocycles. The Morgan fingerprint density at radius 1 is 0.846 bits per heavy atom. The predicted octanol–water partition coefficient (Wildman–Crippen LogP) is 2.90. The molecule has 1 aliphatic rings. The number of nitrogens with zero attached hydrogens (tertiary/aromatic N) is 2. The van der Waals surface area contributed by atoms with E-state index in [-0.39, 0.29) is 17.2 Å². The molecule has 3 rings (SSSR count). The first-order valence-corrected chi connectivity index (χ1v) is 7.68. The van der Waals surface area contributed by atoms with Crippen LogP contribution in [0.2, 0.25) is 0 Å². The molecule has 1 aliphatic carbocycles. The SMILES string of the molecule is O=C1C=C[C@H](Nc2cccc([N+](=O)[O-])c2)[C@@H]1Nc1cccc([N+](=O)[O-])c1. The van der Waals surface area contributed by atoms with Gasteiger partial charge in [-0.3, -0.25) is 25.0 Å². The van der Waals surface area contributed by atoms with E-state index in [9.17, 15) is 25.0 Å². The Morgan fingerprint density at radius 2 is 1.38 bits per heavy atom. The maximum atomic E-state index is 12.1. The Bertz CT molecular complexity index is 912.